The largest absolute Gasteiger partial charge is 0.497 e. The van der Waals surface area contributed by atoms with Gasteiger partial charge in [-0.15, -0.1) is 0 Å². The van der Waals surface area contributed by atoms with Crippen LogP contribution >= 0.6 is 0 Å². The maximum atomic E-state index is 9.64. The number of methoxy groups -OCH3 is 1. The highest BCUT2D eigenvalue weighted by molar-refractivity contribution is 5.28. The molecule has 0 atom stereocenters. The third-order valence-corrected chi connectivity index (χ3v) is 4.12. The SMILES string of the molecule is COc1cccc(CN(CCN)C2CCC(O)CC2)c1. The van der Waals surface area contributed by atoms with Crippen molar-refractivity contribution in [3.8, 4) is 5.75 Å². The van der Waals surface area contributed by atoms with Crippen LogP contribution in [0.5, 0.6) is 5.75 Å². The molecule has 0 spiro atoms. The smallest absolute Gasteiger partial charge is 0.119 e. The molecular weight excluding hydrogens is 252 g/mol. The number of aliphatic hydroxyl groups excluding tert-OH is 1. The summed E-state index contributed by atoms with van der Waals surface area (Å²) in [7, 11) is 1.69. The molecule has 0 bridgehead atoms. The lowest BCUT2D eigenvalue weighted by atomic mass is 9.91. The highest BCUT2D eigenvalue weighted by atomic mass is 16.5. The molecule has 0 radical (unpaired) electrons. The molecule has 1 saturated carbocycles. The Morgan fingerprint density at radius 3 is 2.70 bits per heavy atom. The summed E-state index contributed by atoms with van der Waals surface area (Å²) >= 11 is 0. The van der Waals surface area contributed by atoms with E-state index in [1.165, 1.54) is 5.56 Å². The van der Waals surface area contributed by atoms with E-state index in [-0.39, 0.29) is 6.10 Å². The number of benzene rings is 1. The van der Waals surface area contributed by atoms with Crippen LogP contribution in [-0.4, -0.2) is 42.4 Å². The molecule has 4 heteroatoms. The van der Waals surface area contributed by atoms with Crippen molar-refractivity contribution in [2.24, 2.45) is 5.73 Å². The number of nitrogens with two attached hydrogens (primary N) is 1. The molecule has 0 unspecified atom stereocenters. The molecule has 0 amide bonds. The van der Waals surface area contributed by atoms with Gasteiger partial charge in [-0.2, -0.15) is 0 Å². The van der Waals surface area contributed by atoms with Gasteiger partial charge in [0.05, 0.1) is 13.2 Å². The first-order valence-corrected chi connectivity index (χ1v) is 7.48. The van der Waals surface area contributed by atoms with E-state index in [2.05, 4.69) is 17.0 Å². The third-order valence-electron chi connectivity index (χ3n) is 4.12. The number of rotatable bonds is 6. The van der Waals surface area contributed by atoms with Crippen LogP contribution in [0.3, 0.4) is 0 Å². The third kappa shape index (κ3) is 4.20. The fourth-order valence-corrected chi connectivity index (χ4v) is 2.99. The Kier molecular flexibility index (Phi) is 5.83. The summed E-state index contributed by atoms with van der Waals surface area (Å²) in [4.78, 5) is 2.45. The zero-order valence-corrected chi connectivity index (χ0v) is 12.3. The number of nitrogens with zero attached hydrogens (tertiary/aromatic N) is 1. The number of hydrogen-bond acceptors (Lipinski definition) is 4. The van der Waals surface area contributed by atoms with E-state index in [4.69, 9.17) is 10.5 Å². The molecule has 0 heterocycles. The minimum atomic E-state index is -0.109. The average Bonchev–Trinajstić information content (AvgIpc) is 2.48. The van der Waals surface area contributed by atoms with Crippen LogP contribution in [0.2, 0.25) is 0 Å². The van der Waals surface area contributed by atoms with Gasteiger partial charge in [-0.05, 0) is 43.4 Å². The van der Waals surface area contributed by atoms with Gasteiger partial charge in [-0.25, -0.2) is 0 Å². The van der Waals surface area contributed by atoms with Crippen LogP contribution < -0.4 is 10.5 Å². The summed E-state index contributed by atoms with van der Waals surface area (Å²) in [6.07, 6.45) is 3.83. The van der Waals surface area contributed by atoms with Gasteiger partial charge in [0.2, 0.25) is 0 Å². The predicted octanol–water partition coefficient (Wildman–Crippen LogP) is 1.76. The average molecular weight is 278 g/mol. The minimum Gasteiger partial charge on any atom is -0.497 e. The van der Waals surface area contributed by atoms with E-state index in [1.54, 1.807) is 7.11 Å². The van der Waals surface area contributed by atoms with Gasteiger partial charge in [-0.1, -0.05) is 12.1 Å². The fraction of sp³-hybridized carbons (Fsp3) is 0.625. The van der Waals surface area contributed by atoms with Gasteiger partial charge >= 0.3 is 0 Å². The van der Waals surface area contributed by atoms with Gasteiger partial charge in [0.15, 0.2) is 0 Å². The van der Waals surface area contributed by atoms with Crippen molar-refractivity contribution in [2.75, 3.05) is 20.2 Å². The van der Waals surface area contributed by atoms with Crippen LogP contribution in [0.1, 0.15) is 31.2 Å². The molecule has 0 saturated heterocycles. The fourth-order valence-electron chi connectivity index (χ4n) is 2.99. The summed E-state index contributed by atoms with van der Waals surface area (Å²) in [5.74, 6) is 0.897. The zero-order valence-electron chi connectivity index (χ0n) is 12.3. The molecular formula is C16H26N2O2. The lowest BCUT2D eigenvalue weighted by molar-refractivity contribution is 0.0716. The molecule has 0 aliphatic heterocycles. The second-order valence-corrected chi connectivity index (χ2v) is 5.57. The summed E-state index contributed by atoms with van der Waals surface area (Å²) in [6, 6.07) is 8.74. The monoisotopic (exact) mass is 278 g/mol. The summed E-state index contributed by atoms with van der Waals surface area (Å²) < 4.78 is 5.28. The first-order chi connectivity index (χ1) is 9.72. The highest BCUT2D eigenvalue weighted by Crippen LogP contribution is 2.25. The zero-order chi connectivity index (χ0) is 14.4. The first-order valence-electron chi connectivity index (χ1n) is 7.48. The van der Waals surface area contributed by atoms with Crippen molar-refractivity contribution < 1.29 is 9.84 Å². The maximum absolute atomic E-state index is 9.64. The van der Waals surface area contributed by atoms with Crippen molar-refractivity contribution in [2.45, 2.75) is 44.4 Å². The second-order valence-electron chi connectivity index (χ2n) is 5.57. The Balaban J connectivity index is 2.00. The lowest BCUT2D eigenvalue weighted by Gasteiger charge is -2.35. The van der Waals surface area contributed by atoms with Crippen LogP contribution in [0.15, 0.2) is 24.3 Å². The van der Waals surface area contributed by atoms with E-state index < -0.39 is 0 Å². The van der Waals surface area contributed by atoms with Crippen molar-refractivity contribution in [3.63, 3.8) is 0 Å². The maximum Gasteiger partial charge on any atom is 0.119 e. The molecule has 20 heavy (non-hydrogen) atoms. The molecule has 0 aromatic heterocycles. The molecule has 1 fully saturated rings. The first kappa shape index (κ1) is 15.3. The van der Waals surface area contributed by atoms with E-state index in [1.807, 2.05) is 12.1 Å². The molecule has 4 nitrogen and oxygen atoms in total. The van der Waals surface area contributed by atoms with Gasteiger partial charge in [0.25, 0.3) is 0 Å². The van der Waals surface area contributed by atoms with E-state index in [0.717, 1.165) is 44.5 Å². The van der Waals surface area contributed by atoms with Gasteiger partial charge in [-0.3, -0.25) is 4.90 Å². The van der Waals surface area contributed by atoms with Crippen molar-refractivity contribution in [1.29, 1.82) is 0 Å². The molecule has 3 N–H and O–H groups in total. The normalized spacial score (nSPS) is 23.0. The predicted molar refractivity (Wildman–Crippen MR) is 80.7 cm³/mol. The van der Waals surface area contributed by atoms with Crippen LogP contribution in [0.25, 0.3) is 0 Å². The van der Waals surface area contributed by atoms with Gasteiger partial charge in [0, 0.05) is 25.7 Å². The Hall–Kier alpha value is -1.10. The molecule has 1 aromatic carbocycles. The molecule has 1 aliphatic rings. The Labute approximate surface area is 121 Å². The lowest BCUT2D eigenvalue weighted by Crippen LogP contribution is -2.41. The molecule has 1 aromatic rings. The molecule has 2 rings (SSSR count). The van der Waals surface area contributed by atoms with Crippen LogP contribution in [0.4, 0.5) is 0 Å². The van der Waals surface area contributed by atoms with Gasteiger partial charge < -0.3 is 15.6 Å². The number of hydrogen-bond donors (Lipinski definition) is 2. The summed E-state index contributed by atoms with van der Waals surface area (Å²) in [6.45, 7) is 2.47. The van der Waals surface area contributed by atoms with E-state index >= 15 is 0 Å². The minimum absolute atomic E-state index is 0.109. The quantitative estimate of drug-likeness (QED) is 0.832. The van der Waals surface area contributed by atoms with E-state index in [9.17, 15) is 5.11 Å². The topological polar surface area (TPSA) is 58.7 Å². The van der Waals surface area contributed by atoms with Crippen molar-refractivity contribution in [1.82, 2.24) is 4.90 Å². The number of aliphatic hydroxyl groups is 1. The molecule has 112 valence electrons. The van der Waals surface area contributed by atoms with Crippen molar-refractivity contribution >= 4 is 0 Å². The Morgan fingerprint density at radius 1 is 1.30 bits per heavy atom. The Bertz CT molecular complexity index is 403. The van der Waals surface area contributed by atoms with Crippen LogP contribution in [-0.2, 0) is 6.54 Å². The van der Waals surface area contributed by atoms with Crippen LogP contribution in [0, 0.1) is 0 Å². The standard InChI is InChI=1S/C16H26N2O2/c1-20-16-4-2-3-13(11-16)12-18(10-9-17)14-5-7-15(19)8-6-14/h2-4,11,14-15,19H,5-10,12,17H2,1H3. The Morgan fingerprint density at radius 2 is 2.05 bits per heavy atom. The highest BCUT2D eigenvalue weighted by Gasteiger charge is 2.24. The molecule has 1 aliphatic carbocycles. The summed E-state index contributed by atoms with van der Waals surface area (Å²) in [5.41, 5.74) is 7.01. The second kappa shape index (κ2) is 7.62. The van der Waals surface area contributed by atoms with E-state index in [0.29, 0.717) is 12.6 Å². The van der Waals surface area contributed by atoms with Crippen molar-refractivity contribution in [3.05, 3.63) is 29.8 Å². The summed E-state index contributed by atoms with van der Waals surface area (Å²) in [5, 5.41) is 9.64. The van der Waals surface area contributed by atoms with Gasteiger partial charge in [0.1, 0.15) is 5.75 Å². The number of ether oxygens (including phenoxy) is 1.